The predicted octanol–water partition coefficient (Wildman–Crippen LogP) is 4.53. The fraction of sp³-hybridized carbons (Fsp3) is 0.652. The molecule has 1 saturated heterocycles. The largest absolute Gasteiger partial charge is 0.393 e. The minimum atomic E-state index is -0.365. The summed E-state index contributed by atoms with van der Waals surface area (Å²) in [5.41, 5.74) is 0.418. The highest BCUT2D eigenvalue weighted by Gasteiger charge is 2.54. The molecule has 1 aliphatic heterocycles. The second kappa shape index (κ2) is 8.45. The van der Waals surface area contributed by atoms with Crippen molar-refractivity contribution in [2.24, 2.45) is 5.41 Å². The van der Waals surface area contributed by atoms with E-state index < -0.39 is 0 Å². The van der Waals surface area contributed by atoms with Gasteiger partial charge in [-0.15, -0.1) is 0 Å². The fourth-order valence-electron chi connectivity index (χ4n) is 5.46. The molecule has 3 fully saturated rings. The summed E-state index contributed by atoms with van der Waals surface area (Å²) in [5.74, 6) is 0.759. The van der Waals surface area contributed by atoms with E-state index in [4.69, 9.17) is 4.98 Å². The number of aromatic nitrogens is 2. The molecule has 31 heavy (non-hydrogen) atoms. The Labute approximate surface area is 191 Å². The molecule has 3 N–H and O–H groups in total. The number of hydrogen-bond acceptors (Lipinski definition) is 6. The van der Waals surface area contributed by atoms with Gasteiger partial charge in [0.15, 0.2) is 5.82 Å². The zero-order chi connectivity index (χ0) is 21.6. The van der Waals surface area contributed by atoms with Gasteiger partial charge in [-0.25, -0.2) is 9.37 Å². The molecule has 5 rings (SSSR count). The third-order valence-electron chi connectivity index (χ3n) is 7.64. The van der Waals surface area contributed by atoms with Crippen LogP contribution < -0.4 is 10.6 Å². The molecule has 6 nitrogen and oxygen atoms in total. The molecule has 1 aromatic heterocycles. The van der Waals surface area contributed by atoms with Crippen LogP contribution in [0.2, 0.25) is 0 Å². The Morgan fingerprint density at radius 1 is 1.29 bits per heavy atom. The van der Waals surface area contributed by atoms with E-state index in [2.05, 4.69) is 43.4 Å². The van der Waals surface area contributed by atoms with Crippen molar-refractivity contribution in [1.82, 2.24) is 14.9 Å². The van der Waals surface area contributed by atoms with Gasteiger partial charge in [-0.3, -0.25) is 0 Å². The molecule has 1 spiro atoms. The fourth-order valence-corrected chi connectivity index (χ4v) is 5.78. The van der Waals surface area contributed by atoms with Crippen molar-refractivity contribution in [1.29, 1.82) is 0 Å². The number of likely N-dealkylation sites (tertiary alicyclic amines) is 1. The predicted molar refractivity (Wildman–Crippen MR) is 125 cm³/mol. The van der Waals surface area contributed by atoms with Crippen LogP contribution in [0.25, 0.3) is 10.9 Å². The van der Waals surface area contributed by atoms with Crippen LogP contribution in [0.15, 0.2) is 16.6 Å². The number of nitrogens with one attached hydrogen (secondary N) is 2. The second-order valence-corrected chi connectivity index (χ2v) is 10.5. The first-order chi connectivity index (χ1) is 14.9. The van der Waals surface area contributed by atoms with Crippen LogP contribution in [0.4, 0.5) is 16.2 Å². The van der Waals surface area contributed by atoms with Crippen molar-refractivity contribution in [3.8, 4) is 0 Å². The van der Waals surface area contributed by atoms with E-state index in [0.29, 0.717) is 33.2 Å². The topological polar surface area (TPSA) is 73.3 Å². The number of nitrogens with zero attached hydrogens (tertiary/aromatic N) is 3. The molecule has 168 valence electrons. The van der Waals surface area contributed by atoms with Gasteiger partial charge in [0.05, 0.1) is 10.6 Å². The van der Waals surface area contributed by atoms with E-state index in [1.165, 1.54) is 25.9 Å². The quantitative estimate of drug-likeness (QED) is 0.528. The van der Waals surface area contributed by atoms with Gasteiger partial charge in [0, 0.05) is 29.4 Å². The molecule has 2 aliphatic carbocycles. The summed E-state index contributed by atoms with van der Waals surface area (Å²) in [6.45, 7) is 5.37. The monoisotopic (exact) mass is 491 g/mol. The molecule has 3 aliphatic rings. The number of rotatable bonds is 7. The first kappa shape index (κ1) is 21.3. The van der Waals surface area contributed by atoms with E-state index in [-0.39, 0.29) is 23.4 Å². The Bertz CT molecular complexity index is 961. The molecule has 0 bridgehead atoms. The van der Waals surface area contributed by atoms with Crippen molar-refractivity contribution in [2.75, 3.05) is 30.3 Å². The van der Waals surface area contributed by atoms with Gasteiger partial charge in [-0.1, -0.05) is 0 Å². The highest BCUT2D eigenvalue weighted by molar-refractivity contribution is 9.10. The summed E-state index contributed by atoms with van der Waals surface area (Å²) >= 11 is 3.28. The first-order valence-electron chi connectivity index (χ1n) is 11.5. The average molecular weight is 492 g/mol. The Balaban J connectivity index is 1.31. The molecular formula is C23H31BrFN5O. The maximum Gasteiger partial charge on any atom is 0.225 e. The van der Waals surface area contributed by atoms with Gasteiger partial charge in [-0.05, 0) is 93.0 Å². The standard InChI is InChI=1S/C23H31BrFN5O/c1-14(30-10-2-3-11-30)7-9-26-22-28-20-16(4-5-17(24)19(20)25)21(29-22)27-15-12-23(13-15)8-6-18(23)31/h4-5,14-15,18,31H,2-3,6-13H2,1H3,(H2,26,27,28,29). The molecule has 2 unspecified atom stereocenters. The van der Waals surface area contributed by atoms with Gasteiger partial charge in [-0.2, -0.15) is 4.98 Å². The zero-order valence-electron chi connectivity index (χ0n) is 18.0. The van der Waals surface area contributed by atoms with Crippen molar-refractivity contribution in [3.05, 3.63) is 22.4 Å². The normalized spacial score (nSPS) is 29.0. The van der Waals surface area contributed by atoms with E-state index in [9.17, 15) is 9.50 Å². The molecule has 1 aromatic carbocycles. The summed E-state index contributed by atoms with van der Waals surface area (Å²) in [6.07, 6.45) is 7.28. The maximum atomic E-state index is 14.9. The van der Waals surface area contributed by atoms with E-state index in [0.717, 1.165) is 38.6 Å². The lowest BCUT2D eigenvalue weighted by Crippen LogP contribution is -2.57. The Morgan fingerprint density at radius 3 is 2.74 bits per heavy atom. The zero-order valence-corrected chi connectivity index (χ0v) is 19.6. The minimum Gasteiger partial charge on any atom is -0.393 e. The van der Waals surface area contributed by atoms with Crippen LogP contribution in [-0.2, 0) is 0 Å². The smallest absolute Gasteiger partial charge is 0.225 e. The van der Waals surface area contributed by atoms with Crippen LogP contribution in [0.5, 0.6) is 0 Å². The van der Waals surface area contributed by atoms with Gasteiger partial charge in [0.2, 0.25) is 5.95 Å². The summed E-state index contributed by atoms with van der Waals surface area (Å²) in [5, 5.41) is 17.6. The lowest BCUT2D eigenvalue weighted by atomic mass is 9.52. The van der Waals surface area contributed by atoms with Crippen molar-refractivity contribution in [3.63, 3.8) is 0 Å². The highest BCUT2D eigenvalue weighted by atomic mass is 79.9. The lowest BCUT2D eigenvalue weighted by Gasteiger charge is -2.57. The lowest BCUT2D eigenvalue weighted by molar-refractivity contribution is -0.121. The summed E-state index contributed by atoms with van der Waals surface area (Å²) in [4.78, 5) is 11.7. The Morgan fingerprint density at radius 2 is 2.06 bits per heavy atom. The second-order valence-electron chi connectivity index (χ2n) is 9.63. The summed E-state index contributed by atoms with van der Waals surface area (Å²) < 4.78 is 15.3. The van der Waals surface area contributed by atoms with Gasteiger partial charge >= 0.3 is 0 Å². The van der Waals surface area contributed by atoms with Gasteiger partial charge in [0.25, 0.3) is 0 Å². The van der Waals surface area contributed by atoms with Crippen molar-refractivity contribution >= 4 is 38.6 Å². The average Bonchev–Trinajstić information content (AvgIpc) is 3.27. The number of halogens is 2. The third kappa shape index (κ3) is 4.02. The van der Waals surface area contributed by atoms with Crippen molar-refractivity contribution < 1.29 is 9.50 Å². The van der Waals surface area contributed by atoms with Gasteiger partial charge < -0.3 is 20.6 Å². The SMILES string of the molecule is CC(CCNc1nc(NC2CC3(CCC3O)C2)c2ccc(Br)c(F)c2n1)N1CCCC1. The first-order valence-corrected chi connectivity index (χ1v) is 12.3. The Kier molecular flexibility index (Phi) is 5.81. The van der Waals surface area contributed by atoms with Crippen LogP contribution >= 0.6 is 15.9 Å². The molecule has 2 aromatic rings. The van der Waals surface area contributed by atoms with E-state index >= 15 is 0 Å². The molecule has 2 heterocycles. The van der Waals surface area contributed by atoms with Crippen LogP contribution in [-0.4, -0.2) is 57.8 Å². The number of aliphatic hydroxyl groups is 1. The molecule has 2 saturated carbocycles. The van der Waals surface area contributed by atoms with Crippen LogP contribution in [0, 0.1) is 11.2 Å². The van der Waals surface area contributed by atoms with Crippen LogP contribution in [0.3, 0.4) is 0 Å². The van der Waals surface area contributed by atoms with Crippen molar-refractivity contribution in [2.45, 2.75) is 70.1 Å². The Hall–Kier alpha value is -1.51. The number of fused-ring (bicyclic) bond motifs is 1. The van der Waals surface area contributed by atoms with Crippen LogP contribution in [0.1, 0.15) is 51.9 Å². The molecule has 8 heteroatoms. The third-order valence-corrected chi connectivity index (χ3v) is 8.25. The summed E-state index contributed by atoms with van der Waals surface area (Å²) in [6, 6.07) is 4.33. The molecule has 2 atom stereocenters. The number of aliphatic hydroxyl groups excluding tert-OH is 1. The van der Waals surface area contributed by atoms with Gasteiger partial charge in [0.1, 0.15) is 11.3 Å². The number of hydrogen-bond donors (Lipinski definition) is 3. The number of anilines is 2. The van der Waals surface area contributed by atoms with E-state index in [1.54, 1.807) is 6.07 Å². The molecular weight excluding hydrogens is 461 g/mol. The minimum absolute atomic E-state index is 0.0988. The summed E-state index contributed by atoms with van der Waals surface area (Å²) in [7, 11) is 0. The molecule has 0 radical (unpaired) electrons. The highest BCUT2D eigenvalue weighted by Crippen LogP contribution is 2.56. The molecule has 0 amide bonds. The van der Waals surface area contributed by atoms with E-state index in [1.807, 2.05) is 6.07 Å². The number of benzene rings is 1. The maximum absolute atomic E-state index is 14.9.